The number of methoxy groups -OCH3 is 1. The highest BCUT2D eigenvalue weighted by atomic mass is 35.5. The Morgan fingerprint density at radius 2 is 1.85 bits per heavy atom. The fraction of sp³-hybridized carbons (Fsp3) is 0.231. The number of nitrogens with zero attached hydrogens (tertiary/aromatic N) is 1. The second kappa shape index (κ2) is 9.63. The van der Waals surface area contributed by atoms with E-state index in [-0.39, 0.29) is 23.3 Å². The fourth-order valence-electron chi connectivity index (χ4n) is 4.26. The third kappa shape index (κ3) is 4.71. The second-order valence-corrected chi connectivity index (χ2v) is 8.45. The summed E-state index contributed by atoms with van der Waals surface area (Å²) < 4.78 is 19.0. The molecule has 1 heterocycles. The maximum absolute atomic E-state index is 13.5. The van der Waals surface area contributed by atoms with Crippen LogP contribution in [0.2, 0.25) is 5.02 Å². The van der Waals surface area contributed by atoms with Crippen LogP contribution in [0.1, 0.15) is 30.0 Å². The lowest BCUT2D eigenvalue weighted by atomic mass is 9.82. The van der Waals surface area contributed by atoms with Gasteiger partial charge >= 0.3 is 0 Å². The van der Waals surface area contributed by atoms with E-state index in [2.05, 4.69) is 5.32 Å². The lowest BCUT2D eigenvalue weighted by Gasteiger charge is -2.41. The number of para-hydroxylation sites is 1. The normalized spacial score (nSPS) is 18.2. The van der Waals surface area contributed by atoms with Crippen LogP contribution in [0.5, 0.6) is 5.75 Å². The van der Waals surface area contributed by atoms with Crippen molar-refractivity contribution in [3.63, 3.8) is 0 Å². The van der Waals surface area contributed by atoms with E-state index in [9.17, 15) is 14.0 Å². The van der Waals surface area contributed by atoms with Crippen LogP contribution >= 0.6 is 11.6 Å². The number of rotatable bonds is 5. The van der Waals surface area contributed by atoms with Crippen molar-refractivity contribution in [3.05, 3.63) is 88.7 Å². The highest BCUT2D eigenvalue weighted by molar-refractivity contribution is 6.33. The smallest absolute Gasteiger partial charge is 0.229 e. The molecule has 7 heteroatoms. The van der Waals surface area contributed by atoms with Crippen LogP contribution in [0.3, 0.4) is 0 Å². The van der Waals surface area contributed by atoms with Crippen LogP contribution in [0.4, 0.5) is 15.8 Å². The molecule has 5 nitrogen and oxygen atoms in total. The number of piperidine rings is 1. The van der Waals surface area contributed by atoms with Gasteiger partial charge in [-0.1, -0.05) is 47.5 Å². The third-order valence-electron chi connectivity index (χ3n) is 5.89. The number of carbonyl (C=O) groups is 2. The molecule has 0 unspecified atom stereocenters. The minimum Gasteiger partial charge on any atom is -0.496 e. The van der Waals surface area contributed by atoms with E-state index in [1.54, 1.807) is 12.0 Å². The van der Waals surface area contributed by atoms with Gasteiger partial charge in [0.25, 0.3) is 0 Å². The van der Waals surface area contributed by atoms with Crippen molar-refractivity contribution in [1.29, 1.82) is 0 Å². The molecule has 0 bridgehead atoms. The summed E-state index contributed by atoms with van der Waals surface area (Å²) in [7, 11) is 1.56. The summed E-state index contributed by atoms with van der Waals surface area (Å²) in [6.45, 7) is 1.97. The average Bonchev–Trinajstić information content (AvgIpc) is 2.81. The van der Waals surface area contributed by atoms with Gasteiger partial charge in [0, 0.05) is 17.7 Å². The van der Waals surface area contributed by atoms with Crippen LogP contribution < -0.4 is 15.0 Å². The quantitative estimate of drug-likeness (QED) is 0.507. The van der Waals surface area contributed by atoms with E-state index >= 15 is 0 Å². The Morgan fingerprint density at radius 1 is 1.12 bits per heavy atom. The minimum atomic E-state index is -0.593. The number of ether oxygens (including phenoxy) is 1. The molecule has 33 heavy (non-hydrogen) atoms. The molecule has 0 spiro atoms. The monoisotopic (exact) mass is 466 g/mol. The maximum Gasteiger partial charge on any atom is 0.229 e. The highest BCUT2D eigenvalue weighted by Gasteiger charge is 2.42. The zero-order valence-corrected chi connectivity index (χ0v) is 19.1. The molecule has 1 fully saturated rings. The molecule has 3 aromatic rings. The molecule has 1 N–H and O–H groups in total. The molecule has 1 aliphatic rings. The fourth-order valence-corrected chi connectivity index (χ4v) is 4.47. The lowest BCUT2D eigenvalue weighted by molar-refractivity contribution is -0.125. The number of carbonyl (C=O) groups excluding carboxylic acids is 2. The molecule has 3 aromatic carbocycles. The van der Waals surface area contributed by atoms with Crippen LogP contribution in [-0.4, -0.2) is 18.9 Å². The topological polar surface area (TPSA) is 58.6 Å². The largest absolute Gasteiger partial charge is 0.496 e. The van der Waals surface area contributed by atoms with Crippen molar-refractivity contribution >= 4 is 34.8 Å². The molecule has 0 saturated carbocycles. The number of nitrogens with one attached hydrogen (secondary N) is 1. The second-order valence-electron chi connectivity index (χ2n) is 8.04. The first-order valence-corrected chi connectivity index (χ1v) is 11.0. The number of benzene rings is 3. The summed E-state index contributed by atoms with van der Waals surface area (Å²) in [5.41, 5.74) is 2.83. The first-order valence-electron chi connectivity index (χ1n) is 10.7. The van der Waals surface area contributed by atoms with Crippen LogP contribution in [0, 0.1) is 18.7 Å². The molecule has 0 radical (unpaired) electrons. The summed E-state index contributed by atoms with van der Waals surface area (Å²) in [6.07, 6.45) is 0.573. The van der Waals surface area contributed by atoms with Crippen molar-refractivity contribution in [2.75, 3.05) is 17.3 Å². The van der Waals surface area contributed by atoms with Crippen molar-refractivity contribution in [3.8, 4) is 5.75 Å². The Bertz CT molecular complexity index is 1180. The number of hydrogen-bond acceptors (Lipinski definition) is 3. The zero-order valence-electron chi connectivity index (χ0n) is 18.3. The van der Waals surface area contributed by atoms with Crippen LogP contribution in [-0.2, 0) is 9.59 Å². The summed E-state index contributed by atoms with van der Waals surface area (Å²) in [4.78, 5) is 28.3. The van der Waals surface area contributed by atoms with Gasteiger partial charge in [0.05, 0.1) is 29.8 Å². The van der Waals surface area contributed by atoms with E-state index < -0.39 is 17.8 Å². The number of hydrogen-bond donors (Lipinski definition) is 1. The van der Waals surface area contributed by atoms with E-state index in [4.69, 9.17) is 16.3 Å². The number of aryl methyl sites for hydroxylation is 1. The first-order chi connectivity index (χ1) is 15.9. The first kappa shape index (κ1) is 22.8. The molecular weight excluding hydrogens is 443 g/mol. The van der Waals surface area contributed by atoms with E-state index in [1.807, 2.05) is 55.5 Å². The molecule has 1 aliphatic heterocycles. The SMILES string of the molecule is COc1ccccc1[C@@H]1[C@@H](C(=O)Nc2ccc(F)cc2Cl)CCC(=O)N1c1ccc(C)cc1. The van der Waals surface area contributed by atoms with Gasteiger partial charge in [-0.3, -0.25) is 9.59 Å². The number of amides is 2. The Hall–Kier alpha value is -3.38. The van der Waals surface area contributed by atoms with Crippen molar-refractivity contribution in [2.45, 2.75) is 25.8 Å². The van der Waals surface area contributed by atoms with E-state index in [0.717, 1.165) is 17.2 Å². The van der Waals surface area contributed by atoms with E-state index in [0.29, 0.717) is 23.5 Å². The van der Waals surface area contributed by atoms with Crippen molar-refractivity contribution in [1.82, 2.24) is 0 Å². The number of halogens is 2. The van der Waals surface area contributed by atoms with Gasteiger partial charge in [-0.15, -0.1) is 0 Å². The zero-order chi connectivity index (χ0) is 23.5. The van der Waals surface area contributed by atoms with Gasteiger partial charge in [0.15, 0.2) is 0 Å². The van der Waals surface area contributed by atoms with Gasteiger partial charge in [0.2, 0.25) is 11.8 Å². The number of anilines is 2. The molecule has 2 amide bonds. The van der Waals surface area contributed by atoms with Crippen molar-refractivity contribution in [2.24, 2.45) is 5.92 Å². The summed E-state index contributed by atoms with van der Waals surface area (Å²) in [5, 5.41) is 2.93. The van der Waals surface area contributed by atoms with E-state index in [1.165, 1.54) is 12.1 Å². The minimum absolute atomic E-state index is 0.0707. The molecule has 4 rings (SSSR count). The van der Waals surface area contributed by atoms with Gasteiger partial charge in [0.1, 0.15) is 11.6 Å². The summed E-state index contributed by atoms with van der Waals surface area (Å²) in [6, 6.07) is 18.2. The predicted octanol–water partition coefficient (Wildman–Crippen LogP) is 5.92. The summed E-state index contributed by atoms with van der Waals surface area (Å²) in [5.74, 6) is -0.852. The Balaban J connectivity index is 1.78. The Morgan fingerprint density at radius 3 is 2.55 bits per heavy atom. The predicted molar refractivity (Wildman–Crippen MR) is 127 cm³/mol. The van der Waals surface area contributed by atoms with Gasteiger partial charge in [-0.2, -0.15) is 0 Å². The average molecular weight is 467 g/mol. The molecule has 0 aliphatic carbocycles. The molecule has 0 aromatic heterocycles. The maximum atomic E-state index is 13.5. The van der Waals surface area contributed by atoms with Gasteiger partial charge < -0.3 is 15.0 Å². The molecule has 1 saturated heterocycles. The highest BCUT2D eigenvalue weighted by Crippen LogP contribution is 2.43. The molecule has 170 valence electrons. The Kier molecular flexibility index (Phi) is 6.65. The van der Waals surface area contributed by atoms with Gasteiger partial charge in [-0.05, 0) is 49.7 Å². The van der Waals surface area contributed by atoms with Crippen molar-refractivity contribution < 1.29 is 18.7 Å². The van der Waals surface area contributed by atoms with Crippen LogP contribution in [0.15, 0.2) is 66.7 Å². The molecular formula is C26H24ClFN2O3. The van der Waals surface area contributed by atoms with Crippen LogP contribution in [0.25, 0.3) is 0 Å². The summed E-state index contributed by atoms with van der Waals surface area (Å²) >= 11 is 6.14. The Labute approximate surface area is 197 Å². The molecule has 2 atom stereocenters. The third-order valence-corrected chi connectivity index (χ3v) is 6.21. The standard InChI is InChI=1S/C26H24ClFN2O3/c1-16-7-10-18(11-8-16)30-24(31)14-12-20(25(30)19-5-3-4-6-23(19)33-2)26(32)29-22-13-9-17(28)15-21(22)27/h3-11,13,15,20,25H,12,14H2,1-2H3,(H,29,32)/t20-,25+/m0/s1. The van der Waals surface area contributed by atoms with Gasteiger partial charge in [-0.25, -0.2) is 4.39 Å². The lowest BCUT2D eigenvalue weighted by Crippen LogP contribution is -2.47.